The Morgan fingerprint density at radius 3 is 2.55 bits per heavy atom. The maximum absolute atomic E-state index is 5.84. The second-order valence-electron chi connectivity index (χ2n) is 6.22. The molecule has 0 saturated heterocycles. The summed E-state index contributed by atoms with van der Waals surface area (Å²) in [6.07, 6.45) is 7.95. The third-order valence-corrected chi connectivity index (χ3v) is 6.32. The van der Waals surface area contributed by atoms with Crippen LogP contribution in [0, 0.1) is 11.8 Å². The highest BCUT2D eigenvalue weighted by Gasteiger charge is 2.18. The molecular weight excluding hydrogens is 312 g/mol. The van der Waals surface area contributed by atoms with E-state index in [0.717, 1.165) is 30.6 Å². The number of thioether (sulfide) groups is 1. The van der Waals surface area contributed by atoms with Crippen molar-refractivity contribution in [3.63, 3.8) is 0 Å². The predicted octanol–water partition coefficient (Wildman–Crippen LogP) is 5.87. The smallest absolute Gasteiger partial charge is 0.171 e. The Morgan fingerprint density at radius 2 is 1.91 bits per heavy atom. The summed E-state index contributed by atoms with van der Waals surface area (Å²) in [5, 5.41) is 4.07. The quantitative estimate of drug-likeness (QED) is 0.496. The van der Waals surface area contributed by atoms with Gasteiger partial charge < -0.3 is 9.47 Å². The summed E-state index contributed by atoms with van der Waals surface area (Å²) in [5.41, 5.74) is 0. The first kappa shape index (κ1) is 18.0. The van der Waals surface area contributed by atoms with Crippen molar-refractivity contribution < 1.29 is 9.47 Å². The molecule has 1 atom stereocenters. The average molecular weight is 343 g/mol. The molecule has 2 heterocycles. The molecule has 0 bridgehead atoms. The minimum atomic E-state index is 0.542. The Hall–Kier alpha value is -0.350. The SMILES string of the molecule is CCCCC(CC)CSCCCC1COc2cscc2OC1. The van der Waals surface area contributed by atoms with Gasteiger partial charge in [0.1, 0.15) is 0 Å². The Balaban J connectivity index is 1.54. The first-order chi connectivity index (χ1) is 10.8. The summed E-state index contributed by atoms with van der Waals surface area (Å²) in [4.78, 5) is 0. The van der Waals surface area contributed by atoms with Crippen LogP contribution in [-0.4, -0.2) is 24.7 Å². The van der Waals surface area contributed by atoms with Crippen LogP contribution in [0.4, 0.5) is 0 Å². The fraction of sp³-hybridized carbons (Fsp3) is 0.778. The van der Waals surface area contributed by atoms with Crippen LogP contribution in [0.25, 0.3) is 0 Å². The zero-order chi connectivity index (χ0) is 15.6. The number of thiophene rings is 1. The molecule has 1 aromatic rings. The number of hydrogen-bond acceptors (Lipinski definition) is 4. The fourth-order valence-corrected chi connectivity index (χ4v) is 4.69. The zero-order valence-electron chi connectivity index (χ0n) is 14.0. The van der Waals surface area contributed by atoms with E-state index in [1.807, 2.05) is 10.8 Å². The van der Waals surface area contributed by atoms with Gasteiger partial charge in [-0.3, -0.25) is 0 Å². The third-order valence-electron chi connectivity index (χ3n) is 4.34. The highest BCUT2D eigenvalue weighted by molar-refractivity contribution is 7.99. The maximum Gasteiger partial charge on any atom is 0.171 e. The van der Waals surface area contributed by atoms with Gasteiger partial charge in [-0.15, -0.1) is 11.3 Å². The van der Waals surface area contributed by atoms with Gasteiger partial charge in [0.15, 0.2) is 11.5 Å². The van der Waals surface area contributed by atoms with Gasteiger partial charge in [0.25, 0.3) is 0 Å². The van der Waals surface area contributed by atoms with Crippen LogP contribution >= 0.6 is 23.1 Å². The molecule has 126 valence electrons. The highest BCUT2D eigenvalue weighted by Crippen LogP contribution is 2.34. The van der Waals surface area contributed by atoms with Crippen LogP contribution in [0.15, 0.2) is 10.8 Å². The van der Waals surface area contributed by atoms with Crippen LogP contribution in [-0.2, 0) is 0 Å². The summed E-state index contributed by atoms with van der Waals surface area (Å²) >= 11 is 3.79. The van der Waals surface area contributed by atoms with Gasteiger partial charge in [-0.1, -0.05) is 33.1 Å². The van der Waals surface area contributed by atoms with E-state index >= 15 is 0 Å². The molecule has 0 aromatic carbocycles. The predicted molar refractivity (Wildman–Crippen MR) is 98.7 cm³/mol. The minimum absolute atomic E-state index is 0.542. The van der Waals surface area contributed by atoms with Crippen LogP contribution in [0.5, 0.6) is 11.5 Å². The standard InChI is InChI=1S/C18H30O2S2/c1-3-5-7-15(4-2)12-21-9-6-8-16-10-19-17-13-22-14-18(17)20-11-16/h13-16H,3-12H2,1-2H3. The molecule has 0 N–H and O–H groups in total. The van der Waals surface area contributed by atoms with E-state index in [2.05, 4.69) is 25.6 Å². The van der Waals surface area contributed by atoms with Crippen molar-refractivity contribution in [3.8, 4) is 11.5 Å². The molecule has 2 rings (SSSR count). The number of unbranched alkanes of at least 4 members (excludes halogenated alkanes) is 1. The van der Waals surface area contributed by atoms with Gasteiger partial charge >= 0.3 is 0 Å². The lowest BCUT2D eigenvalue weighted by Crippen LogP contribution is -2.17. The lowest BCUT2D eigenvalue weighted by Gasteiger charge is -2.15. The van der Waals surface area contributed by atoms with Gasteiger partial charge in [0.2, 0.25) is 0 Å². The summed E-state index contributed by atoms with van der Waals surface area (Å²) in [6, 6.07) is 0. The largest absolute Gasteiger partial charge is 0.488 e. The van der Waals surface area contributed by atoms with Gasteiger partial charge in [0.05, 0.1) is 13.2 Å². The average Bonchev–Trinajstić information content (AvgIpc) is 2.91. The van der Waals surface area contributed by atoms with E-state index < -0.39 is 0 Å². The van der Waals surface area contributed by atoms with Crippen molar-refractivity contribution >= 4 is 23.1 Å². The molecule has 1 aliphatic heterocycles. The van der Waals surface area contributed by atoms with E-state index in [-0.39, 0.29) is 0 Å². The number of rotatable bonds is 10. The fourth-order valence-electron chi connectivity index (χ4n) is 2.74. The molecular formula is C18H30O2S2. The molecule has 0 radical (unpaired) electrons. The molecule has 1 aliphatic rings. The zero-order valence-corrected chi connectivity index (χ0v) is 15.6. The highest BCUT2D eigenvalue weighted by atomic mass is 32.2. The van der Waals surface area contributed by atoms with Crippen molar-refractivity contribution in [3.05, 3.63) is 10.8 Å². The second kappa shape index (κ2) is 10.4. The molecule has 22 heavy (non-hydrogen) atoms. The first-order valence-electron chi connectivity index (χ1n) is 8.73. The van der Waals surface area contributed by atoms with Gasteiger partial charge in [0, 0.05) is 16.7 Å². The van der Waals surface area contributed by atoms with Gasteiger partial charge in [-0.05, 0) is 36.7 Å². The second-order valence-corrected chi connectivity index (χ2v) is 8.12. The first-order valence-corrected chi connectivity index (χ1v) is 10.8. The number of hydrogen-bond donors (Lipinski definition) is 0. The minimum Gasteiger partial charge on any atom is -0.488 e. The molecule has 2 nitrogen and oxygen atoms in total. The summed E-state index contributed by atoms with van der Waals surface area (Å²) < 4.78 is 11.7. The molecule has 4 heteroatoms. The molecule has 0 aliphatic carbocycles. The number of ether oxygens (including phenoxy) is 2. The molecule has 0 fully saturated rings. The van der Waals surface area contributed by atoms with E-state index in [1.165, 1.54) is 50.0 Å². The Bertz CT molecular complexity index is 383. The van der Waals surface area contributed by atoms with E-state index in [4.69, 9.17) is 9.47 Å². The van der Waals surface area contributed by atoms with Gasteiger partial charge in [-0.25, -0.2) is 0 Å². The summed E-state index contributed by atoms with van der Waals surface area (Å²) in [5.74, 6) is 5.95. The van der Waals surface area contributed by atoms with Crippen LogP contribution in [0.3, 0.4) is 0 Å². The molecule has 0 amide bonds. The number of fused-ring (bicyclic) bond motifs is 1. The maximum atomic E-state index is 5.84. The lowest BCUT2D eigenvalue weighted by atomic mass is 10.0. The Labute approximate surface area is 144 Å². The summed E-state index contributed by atoms with van der Waals surface area (Å²) in [7, 11) is 0. The normalized spacial score (nSPS) is 16.5. The Morgan fingerprint density at radius 1 is 1.18 bits per heavy atom. The molecule has 0 saturated carbocycles. The van der Waals surface area contributed by atoms with Crippen LogP contribution < -0.4 is 9.47 Å². The Kier molecular flexibility index (Phi) is 8.53. The van der Waals surface area contributed by atoms with Crippen molar-refractivity contribution in [1.29, 1.82) is 0 Å². The van der Waals surface area contributed by atoms with Gasteiger partial charge in [-0.2, -0.15) is 11.8 Å². The van der Waals surface area contributed by atoms with E-state index in [9.17, 15) is 0 Å². The van der Waals surface area contributed by atoms with Crippen molar-refractivity contribution in [2.75, 3.05) is 24.7 Å². The monoisotopic (exact) mass is 342 g/mol. The summed E-state index contributed by atoms with van der Waals surface area (Å²) in [6.45, 7) is 6.24. The molecule has 1 unspecified atom stereocenters. The van der Waals surface area contributed by atoms with Crippen LogP contribution in [0.1, 0.15) is 52.4 Å². The van der Waals surface area contributed by atoms with E-state index in [0.29, 0.717) is 5.92 Å². The topological polar surface area (TPSA) is 18.5 Å². The molecule has 1 aromatic heterocycles. The third kappa shape index (κ3) is 6.04. The van der Waals surface area contributed by atoms with E-state index in [1.54, 1.807) is 11.3 Å². The van der Waals surface area contributed by atoms with Crippen molar-refractivity contribution in [2.24, 2.45) is 11.8 Å². The van der Waals surface area contributed by atoms with Crippen LogP contribution in [0.2, 0.25) is 0 Å². The molecule has 0 spiro atoms. The van der Waals surface area contributed by atoms with Crippen molar-refractivity contribution in [1.82, 2.24) is 0 Å². The lowest BCUT2D eigenvalue weighted by molar-refractivity contribution is 0.205. The van der Waals surface area contributed by atoms with Crippen molar-refractivity contribution in [2.45, 2.75) is 52.4 Å².